The lowest BCUT2D eigenvalue weighted by Gasteiger charge is -2.11. The summed E-state index contributed by atoms with van der Waals surface area (Å²) >= 11 is 0. The van der Waals surface area contributed by atoms with Gasteiger partial charge in [0.2, 0.25) is 0 Å². The van der Waals surface area contributed by atoms with Crippen LogP contribution in [-0.2, 0) is 0 Å². The smallest absolute Gasteiger partial charge is 0.0443 e. The Labute approximate surface area is 149 Å². The normalized spacial score (nSPS) is 14.1. The van der Waals surface area contributed by atoms with Crippen LogP contribution in [0.4, 0.5) is 0 Å². The standard InChI is InChI=1S/C23H48/c1-5-7-8-9-10-11-13-17-20-23(4)21-18-15-12-14-16-19-22(3)6-2/h22-23H,5-21H2,1-4H3. The zero-order valence-electron chi connectivity index (χ0n) is 17.2. The highest BCUT2D eigenvalue weighted by molar-refractivity contribution is 4.56. The molecule has 0 aromatic carbocycles. The minimum atomic E-state index is 0.946. The highest BCUT2D eigenvalue weighted by Crippen LogP contribution is 2.19. The highest BCUT2D eigenvalue weighted by Gasteiger charge is 2.03. The topological polar surface area (TPSA) is 0 Å². The molecule has 0 aromatic heterocycles. The fourth-order valence-electron chi connectivity index (χ4n) is 3.49. The third kappa shape index (κ3) is 18.2. The predicted octanol–water partition coefficient (Wildman–Crippen LogP) is 8.93. The molecule has 0 bridgehead atoms. The van der Waals surface area contributed by atoms with Gasteiger partial charge >= 0.3 is 0 Å². The maximum absolute atomic E-state index is 2.48. The fraction of sp³-hybridized carbons (Fsp3) is 1.00. The minimum Gasteiger partial charge on any atom is -0.0654 e. The van der Waals surface area contributed by atoms with Crippen LogP contribution in [0.1, 0.15) is 137 Å². The van der Waals surface area contributed by atoms with Crippen molar-refractivity contribution in [2.24, 2.45) is 11.8 Å². The monoisotopic (exact) mass is 324 g/mol. The Bertz CT molecular complexity index is 208. The molecule has 23 heavy (non-hydrogen) atoms. The Kier molecular flexibility index (Phi) is 18.3. The van der Waals surface area contributed by atoms with Crippen molar-refractivity contribution in [3.63, 3.8) is 0 Å². The minimum absolute atomic E-state index is 0.946. The van der Waals surface area contributed by atoms with Gasteiger partial charge in [0.15, 0.2) is 0 Å². The predicted molar refractivity (Wildman–Crippen MR) is 108 cm³/mol. The molecule has 0 heterocycles. The van der Waals surface area contributed by atoms with Crippen molar-refractivity contribution in [2.45, 2.75) is 137 Å². The second-order valence-corrected chi connectivity index (χ2v) is 8.23. The van der Waals surface area contributed by atoms with E-state index in [1.54, 1.807) is 0 Å². The molecule has 0 heteroatoms. The first-order valence-electron chi connectivity index (χ1n) is 11.2. The molecular formula is C23H48. The summed E-state index contributed by atoms with van der Waals surface area (Å²) in [6.45, 7) is 9.49. The van der Waals surface area contributed by atoms with E-state index in [1.807, 2.05) is 0 Å². The summed E-state index contributed by atoms with van der Waals surface area (Å²) in [7, 11) is 0. The first-order valence-corrected chi connectivity index (χ1v) is 11.2. The Morgan fingerprint density at radius 2 is 0.783 bits per heavy atom. The summed E-state index contributed by atoms with van der Waals surface area (Å²) in [4.78, 5) is 0. The average Bonchev–Trinajstić information content (AvgIpc) is 2.56. The van der Waals surface area contributed by atoms with Crippen molar-refractivity contribution in [1.82, 2.24) is 0 Å². The first kappa shape index (κ1) is 23.0. The molecule has 0 amide bonds. The van der Waals surface area contributed by atoms with Crippen LogP contribution in [0.5, 0.6) is 0 Å². The first-order chi connectivity index (χ1) is 11.2. The second kappa shape index (κ2) is 18.3. The van der Waals surface area contributed by atoms with E-state index in [9.17, 15) is 0 Å². The summed E-state index contributed by atoms with van der Waals surface area (Å²) in [5, 5.41) is 0. The summed E-state index contributed by atoms with van der Waals surface area (Å²) in [5.41, 5.74) is 0. The maximum Gasteiger partial charge on any atom is -0.0443 e. The van der Waals surface area contributed by atoms with E-state index in [1.165, 1.54) is 109 Å². The number of hydrogen-bond donors (Lipinski definition) is 0. The quantitative estimate of drug-likeness (QED) is 0.221. The molecule has 140 valence electrons. The van der Waals surface area contributed by atoms with E-state index in [0.717, 1.165) is 11.8 Å². The lowest BCUT2D eigenvalue weighted by atomic mass is 9.95. The molecule has 0 radical (unpaired) electrons. The molecule has 2 unspecified atom stereocenters. The maximum atomic E-state index is 2.48. The summed E-state index contributed by atoms with van der Waals surface area (Å²) in [6, 6.07) is 0. The lowest BCUT2D eigenvalue weighted by molar-refractivity contribution is 0.425. The van der Waals surface area contributed by atoms with Crippen LogP contribution in [-0.4, -0.2) is 0 Å². The SMILES string of the molecule is CCCCCCCCCCC(C)CCCCCCCC(C)CC. The van der Waals surface area contributed by atoms with Crippen molar-refractivity contribution in [3.8, 4) is 0 Å². The number of hydrogen-bond acceptors (Lipinski definition) is 0. The number of rotatable bonds is 18. The summed E-state index contributed by atoms with van der Waals surface area (Å²) < 4.78 is 0. The fourth-order valence-corrected chi connectivity index (χ4v) is 3.49. The van der Waals surface area contributed by atoms with Gasteiger partial charge in [-0.25, -0.2) is 0 Å². The summed E-state index contributed by atoms with van der Waals surface area (Å²) in [5.74, 6) is 1.91. The Balaban J connectivity index is 3.17. The summed E-state index contributed by atoms with van der Waals surface area (Å²) in [6.07, 6.45) is 24.8. The van der Waals surface area contributed by atoms with Crippen molar-refractivity contribution >= 4 is 0 Å². The molecule has 0 rings (SSSR count). The van der Waals surface area contributed by atoms with Crippen LogP contribution < -0.4 is 0 Å². The molecule has 0 aromatic rings. The second-order valence-electron chi connectivity index (χ2n) is 8.23. The Hall–Kier alpha value is 0. The van der Waals surface area contributed by atoms with E-state index >= 15 is 0 Å². The molecule has 0 nitrogen and oxygen atoms in total. The van der Waals surface area contributed by atoms with Gasteiger partial charge in [0.05, 0.1) is 0 Å². The lowest BCUT2D eigenvalue weighted by Crippen LogP contribution is -1.95. The van der Waals surface area contributed by atoms with Gasteiger partial charge in [-0.1, -0.05) is 137 Å². The average molecular weight is 325 g/mol. The molecule has 0 saturated carbocycles. The van der Waals surface area contributed by atoms with E-state index in [0.29, 0.717) is 0 Å². The molecule has 0 aliphatic carbocycles. The van der Waals surface area contributed by atoms with Gasteiger partial charge in [-0.3, -0.25) is 0 Å². The van der Waals surface area contributed by atoms with Crippen LogP contribution in [0.3, 0.4) is 0 Å². The van der Waals surface area contributed by atoms with Gasteiger partial charge in [-0.05, 0) is 11.8 Å². The third-order valence-corrected chi connectivity index (χ3v) is 5.64. The highest BCUT2D eigenvalue weighted by atomic mass is 14.1. The molecular weight excluding hydrogens is 276 g/mol. The van der Waals surface area contributed by atoms with E-state index in [2.05, 4.69) is 27.7 Å². The van der Waals surface area contributed by atoms with Crippen LogP contribution in [0.2, 0.25) is 0 Å². The zero-order valence-corrected chi connectivity index (χ0v) is 17.2. The van der Waals surface area contributed by atoms with Gasteiger partial charge in [-0.2, -0.15) is 0 Å². The van der Waals surface area contributed by atoms with Crippen molar-refractivity contribution < 1.29 is 0 Å². The van der Waals surface area contributed by atoms with Gasteiger partial charge < -0.3 is 0 Å². The van der Waals surface area contributed by atoms with E-state index in [4.69, 9.17) is 0 Å². The zero-order chi connectivity index (χ0) is 17.2. The number of unbranched alkanes of at least 4 members (excludes halogenated alkanes) is 11. The van der Waals surface area contributed by atoms with Crippen molar-refractivity contribution in [2.75, 3.05) is 0 Å². The molecule has 0 fully saturated rings. The van der Waals surface area contributed by atoms with Crippen LogP contribution >= 0.6 is 0 Å². The van der Waals surface area contributed by atoms with Gasteiger partial charge in [0.25, 0.3) is 0 Å². The molecule has 0 aliphatic heterocycles. The van der Waals surface area contributed by atoms with E-state index in [-0.39, 0.29) is 0 Å². The van der Waals surface area contributed by atoms with Crippen LogP contribution in [0.25, 0.3) is 0 Å². The molecule has 2 atom stereocenters. The third-order valence-electron chi connectivity index (χ3n) is 5.64. The van der Waals surface area contributed by atoms with Crippen molar-refractivity contribution in [1.29, 1.82) is 0 Å². The van der Waals surface area contributed by atoms with Gasteiger partial charge in [0.1, 0.15) is 0 Å². The Morgan fingerprint density at radius 1 is 0.435 bits per heavy atom. The van der Waals surface area contributed by atoms with Crippen LogP contribution in [0.15, 0.2) is 0 Å². The van der Waals surface area contributed by atoms with Crippen LogP contribution in [0, 0.1) is 11.8 Å². The van der Waals surface area contributed by atoms with Crippen molar-refractivity contribution in [3.05, 3.63) is 0 Å². The molecule has 0 spiro atoms. The molecule has 0 saturated heterocycles. The molecule has 0 N–H and O–H groups in total. The van der Waals surface area contributed by atoms with Gasteiger partial charge in [0, 0.05) is 0 Å². The molecule has 0 aliphatic rings. The van der Waals surface area contributed by atoms with Gasteiger partial charge in [-0.15, -0.1) is 0 Å². The Morgan fingerprint density at radius 3 is 1.17 bits per heavy atom. The van der Waals surface area contributed by atoms with E-state index < -0.39 is 0 Å². The largest absolute Gasteiger partial charge is 0.0654 e.